The standard InChI is InChI=1S/C16H18N4O3/c1-20(9-14(21)22)16-11-4-3-5-12(11)18-15(19-16)13-8-10(23-2)6-7-17-13/h6-8H,3-5,9H2,1-2H3,(H,21,22). The number of carboxylic acid groups (broad SMARTS) is 1. The van der Waals surface area contributed by atoms with Gasteiger partial charge in [0, 0.05) is 30.6 Å². The van der Waals surface area contributed by atoms with Crippen molar-refractivity contribution in [2.45, 2.75) is 19.3 Å². The second-order valence-electron chi connectivity index (χ2n) is 5.48. The van der Waals surface area contributed by atoms with Gasteiger partial charge in [0.05, 0.1) is 7.11 Å². The Morgan fingerprint density at radius 1 is 1.39 bits per heavy atom. The molecule has 7 heteroatoms. The maximum Gasteiger partial charge on any atom is 0.323 e. The Labute approximate surface area is 134 Å². The molecule has 23 heavy (non-hydrogen) atoms. The van der Waals surface area contributed by atoms with E-state index in [-0.39, 0.29) is 6.54 Å². The van der Waals surface area contributed by atoms with Crippen molar-refractivity contribution in [2.75, 3.05) is 25.6 Å². The van der Waals surface area contributed by atoms with E-state index >= 15 is 0 Å². The Bertz CT molecular complexity index is 748. The van der Waals surface area contributed by atoms with Crippen LogP contribution in [0.25, 0.3) is 11.5 Å². The van der Waals surface area contributed by atoms with Crippen molar-refractivity contribution in [1.29, 1.82) is 0 Å². The molecule has 0 radical (unpaired) electrons. The van der Waals surface area contributed by atoms with Crippen LogP contribution in [0.3, 0.4) is 0 Å². The summed E-state index contributed by atoms with van der Waals surface area (Å²) in [6, 6.07) is 3.53. The lowest BCUT2D eigenvalue weighted by Crippen LogP contribution is -2.27. The summed E-state index contributed by atoms with van der Waals surface area (Å²) in [5.41, 5.74) is 2.64. The van der Waals surface area contributed by atoms with Gasteiger partial charge in [-0.1, -0.05) is 0 Å². The molecule has 0 saturated heterocycles. The molecule has 2 aromatic heterocycles. The van der Waals surface area contributed by atoms with E-state index in [1.54, 1.807) is 37.4 Å². The molecule has 1 aliphatic rings. The number of pyridine rings is 1. The third kappa shape index (κ3) is 3.08. The minimum Gasteiger partial charge on any atom is -0.497 e. The second kappa shape index (κ2) is 6.20. The molecule has 0 spiro atoms. The number of aliphatic carboxylic acids is 1. The zero-order chi connectivity index (χ0) is 16.4. The number of aryl methyl sites for hydroxylation is 1. The van der Waals surface area contributed by atoms with Crippen molar-refractivity contribution in [2.24, 2.45) is 0 Å². The van der Waals surface area contributed by atoms with Crippen LogP contribution in [0.15, 0.2) is 18.3 Å². The largest absolute Gasteiger partial charge is 0.497 e. The van der Waals surface area contributed by atoms with Gasteiger partial charge in [-0.3, -0.25) is 9.78 Å². The maximum atomic E-state index is 11.0. The van der Waals surface area contributed by atoms with Crippen LogP contribution in [0.2, 0.25) is 0 Å². The first-order valence-corrected chi connectivity index (χ1v) is 7.41. The normalized spacial score (nSPS) is 12.8. The molecule has 1 N–H and O–H groups in total. The number of carboxylic acids is 1. The SMILES string of the molecule is COc1ccnc(-c2nc3c(c(N(C)CC(=O)O)n2)CCC3)c1. The van der Waals surface area contributed by atoms with Gasteiger partial charge in [0.15, 0.2) is 5.82 Å². The van der Waals surface area contributed by atoms with E-state index in [1.807, 2.05) is 0 Å². The smallest absolute Gasteiger partial charge is 0.323 e. The summed E-state index contributed by atoms with van der Waals surface area (Å²) in [4.78, 5) is 26.2. The number of fused-ring (bicyclic) bond motifs is 1. The van der Waals surface area contributed by atoms with E-state index in [0.29, 0.717) is 23.1 Å². The Morgan fingerprint density at radius 2 is 2.22 bits per heavy atom. The number of aromatic nitrogens is 3. The van der Waals surface area contributed by atoms with E-state index in [1.165, 1.54) is 0 Å². The molecular formula is C16H18N4O3. The van der Waals surface area contributed by atoms with E-state index in [2.05, 4.69) is 15.0 Å². The maximum absolute atomic E-state index is 11.0. The summed E-state index contributed by atoms with van der Waals surface area (Å²) in [5, 5.41) is 9.03. The van der Waals surface area contributed by atoms with Crippen molar-refractivity contribution in [3.05, 3.63) is 29.6 Å². The zero-order valence-electron chi connectivity index (χ0n) is 13.1. The number of methoxy groups -OCH3 is 1. The van der Waals surface area contributed by atoms with Crippen LogP contribution in [0.1, 0.15) is 17.7 Å². The number of anilines is 1. The first-order valence-electron chi connectivity index (χ1n) is 7.41. The highest BCUT2D eigenvalue weighted by Gasteiger charge is 2.23. The summed E-state index contributed by atoms with van der Waals surface area (Å²) in [6.07, 6.45) is 4.40. The fraction of sp³-hybridized carbons (Fsp3) is 0.375. The molecule has 2 aromatic rings. The van der Waals surface area contributed by atoms with Crippen molar-refractivity contribution < 1.29 is 14.6 Å². The molecular weight excluding hydrogens is 296 g/mol. The fourth-order valence-electron chi connectivity index (χ4n) is 2.78. The molecule has 2 heterocycles. The van der Waals surface area contributed by atoms with Gasteiger partial charge in [-0.05, 0) is 25.3 Å². The molecule has 0 unspecified atom stereocenters. The first-order chi connectivity index (χ1) is 11.1. The summed E-state index contributed by atoms with van der Waals surface area (Å²) in [7, 11) is 3.33. The molecule has 0 atom stereocenters. The second-order valence-corrected chi connectivity index (χ2v) is 5.48. The predicted molar refractivity (Wildman–Crippen MR) is 84.7 cm³/mol. The van der Waals surface area contributed by atoms with Gasteiger partial charge in [0.1, 0.15) is 23.8 Å². The molecule has 0 fully saturated rings. The molecule has 120 valence electrons. The number of carbonyl (C=O) groups is 1. The quantitative estimate of drug-likeness (QED) is 0.895. The van der Waals surface area contributed by atoms with Gasteiger partial charge in [-0.15, -0.1) is 0 Å². The van der Waals surface area contributed by atoms with Crippen LogP contribution in [0.4, 0.5) is 5.82 Å². The number of hydrogen-bond donors (Lipinski definition) is 1. The average Bonchev–Trinajstić information content (AvgIpc) is 3.01. The summed E-state index contributed by atoms with van der Waals surface area (Å²) in [5.74, 6) is 0.963. The van der Waals surface area contributed by atoms with Gasteiger partial charge in [-0.25, -0.2) is 9.97 Å². The fourth-order valence-corrected chi connectivity index (χ4v) is 2.78. The highest BCUT2D eigenvalue weighted by molar-refractivity contribution is 5.74. The van der Waals surface area contributed by atoms with Crippen LogP contribution in [-0.4, -0.2) is 46.7 Å². The van der Waals surface area contributed by atoms with Gasteiger partial charge in [0.25, 0.3) is 0 Å². The monoisotopic (exact) mass is 314 g/mol. The highest BCUT2D eigenvalue weighted by atomic mass is 16.5. The summed E-state index contributed by atoms with van der Waals surface area (Å²) >= 11 is 0. The first kappa shape index (κ1) is 15.2. The average molecular weight is 314 g/mol. The zero-order valence-corrected chi connectivity index (χ0v) is 13.1. The molecule has 1 aliphatic carbocycles. The van der Waals surface area contributed by atoms with Crippen molar-refractivity contribution in [3.8, 4) is 17.3 Å². The van der Waals surface area contributed by atoms with Gasteiger partial charge < -0.3 is 14.7 Å². The number of ether oxygens (including phenoxy) is 1. The van der Waals surface area contributed by atoms with E-state index in [9.17, 15) is 4.79 Å². The number of rotatable bonds is 5. The van der Waals surface area contributed by atoms with Crippen LogP contribution in [-0.2, 0) is 17.6 Å². The lowest BCUT2D eigenvalue weighted by molar-refractivity contribution is -0.135. The van der Waals surface area contributed by atoms with E-state index < -0.39 is 5.97 Å². The van der Waals surface area contributed by atoms with E-state index in [0.717, 1.165) is 30.5 Å². The third-order valence-corrected chi connectivity index (χ3v) is 3.84. The lowest BCUT2D eigenvalue weighted by atomic mass is 10.2. The van der Waals surface area contributed by atoms with Gasteiger partial charge in [-0.2, -0.15) is 0 Å². The van der Waals surface area contributed by atoms with Crippen LogP contribution < -0.4 is 9.64 Å². The van der Waals surface area contributed by atoms with Crippen LogP contribution >= 0.6 is 0 Å². The van der Waals surface area contributed by atoms with Crippen molar-refractivity contribution in [3.63, 3.8) is 0 Å². The third-order valence-electron chi connectivity index (χ3n) is 3.84. The van der Waals surface area contributed by atoms with E-state index in [4.69, 9.17) is 9.84 Å². The van der Waals surface area contributed by atoms with Crippen LogP contribution in [0, 0.1) is 0 Å². The Hall–Kier alpha value is -2.70. The number of nitrogens with zero attached hydrogens (tertiary/aromatic N) is 4. The molecule has 0 aliphatic heterocycles. The molecule has 3 rings (SSSR count). The minimum absolute atomic E-state index is 0.103. The molecule has 7 nitrogen and oxygen atoms in total. The molecule has 0 aromatic carbocycles. The molecule has 0 bridgehead atoms. The predicted octanol–water partition coefficient (Wildman–Crippen LogP) is 1.56. The minimum atomic E-state index is -0.890. The van der Waals surface area contributed by atoms with Crippen molar-refractivity contribution >= 4 is 11.8 Å². The Balaban J connectivity index is 2.06. The molecule has 0 saturated carbocycles. The van der Waals surface area contributed by atoms with Gasteiger partial charge >= 0.3 is 5.97 Å². The van der Waals surface area contributed by atoms with Crippen molar-refractivity contribution in [1.82, 2.24) is 15.0 Å². The summed E-state index contributed by atoms with van der Waals surface area (Å²) < 4.78 is 5.22. The number of hydrogen-bond acceptors (Lipinski definition) is 6. The topological polar surface area (TPSA) is 88.4 Å². The lowest BCUT2D eigenvalue weighted by Gasteiger charge is -2.19. The number of likely N-dealkylation sites (N-methyl/N-ethyl adjacent to an activating group) is 1. The van der Waals surface area contributed by atoms with Crippen LogP contribution in [0.5, 0.6) is 5.75 Å². The summed E-state index contributed by atoms with van der Waals surface area (Å²) in [6.45, 7) is -0.103. The Kier molecular flexibility index (Phi) is 4.10. The highest BCUT2D eigenvalue weighted by Crippen LogP contribution is 2.31. The molecule has 0 amide bonds. The Morgan fingerprint density at radius 3 is 2.96 bits per heavy atom. The van der Waals surface area contributed by atoms with Gasteiger partial charge in [0.2, 0.25) is 0 Å².